The summed E-state index contributed by atoms with van der Waals surface area (Å²) in [4.78, 5) is 7.85. The van der Waals surface area contributed by atoms with E-state index in [2.05, 4.69) is 51.5 Å². The van der Waals surface area contributed by atoms with Crippen molar-refractivity contribution in [3.05, 3.63) is 0 Å². The van der Waals surface area contributed by atoms with E-state index in [1.165, 1.54) is 49.4 Å². The standard InChI is InChI=1S/C14H36N2Si2/c1-7-17(8-2,9-3)15-13-14-16-18(10-4,11-5)12-6/h15-16H,7-14H2,1-6H3. The molecule has 0 aromatic rings. The van der Waals surface area contributed by atoms with E-state index in [0.717, 1.165) is 0 Å². The Morgan fingerprint density at radius 3 is 0.889 bits per heavy atom. The van der Waals surface area contributed by atoms with Gasteiger partial charge < -0.3 is 9.96 Å². The monoisotopic (exact) mass is 288 g/mol. The van der Waals surface area contributed by atoms with E-state index in [-0.39, 0.29) is 0 Å². The lowest BCUT2D eigenvalue weighted by Crippen LogP contribution is -2.55. The van der Waals surface area contributed by atoms with Crippen LogP contribution in [-0.2, 0) is 0 Å². The molecule has 18 heavy (non-hydrogen) atoms. The third-order valence-corrected chi connectivity index (χ3v) is 15.3. The molecular weight excluding hydrogens is 252 g/mol. The molecule has 0 aliphatic carbocycles. The summed E-state index contributed by atoms with van der Waals surface area (Å²) in [5.41, 5.74) is 0. The first-order valence-corrected chi connectivity index (χ1v) is 13.3. The highest BCUT2D eigenvalue weighted by molar-refractivity contribution is 6.77. The second kappa shape index (κ2) is 9.29. The maximum atomic E-state index is 3.93. The van der Waals surface area contributed by atoms with Gasteiger partial charge in [0.25, 0.3) is 0 Å². The van der Waals surface area contributed by atoms with Crippen molar-refractivity contribution in [3.63, 3.8) is 0 Å². The molecule has 0 atom stereocenters. The topological polar surface area (TPSA) is 24.1 Å². The molecule has 2 nitrogen and oxygen atoms in total. The van der Waals surface area contributed by atoms with Gasteiger partial charge in [0.05, 0.1) is 0 Å². The fourth-order valence-corrected chi connectivity index (χ4v) is 8.72. The fraction of sp³-hybridized carbons (Fsp3) is 1.00. The van der Waals surface area contributed by atoms with Crippen LogP contribution < -0.4 is 9.96 Å². The van der Waals surface area contributed by atoms with Crippen LogP contribution in [0.5, 0.6) is 0 Å². The Hall–Kier alpha value is 0.354. The van der Waals surface area contributed by atoms with Gasteiger partial charge in [0.2, 0.25) is 0 Å². The zero-order valence-corrected chi connectivity index (χ0v) is 15.7. The van der Waals surface area contributed by atoms with Crippen LogP contribution in [0.3, 0.4) is 0 Å². The predicted molar refractivity (Wildman–Crippen MR) is 90.4 cm³/mol. The molecule has 0 rings (SSSR count). The van der Waals surface area contributed by atoms with Gasteiger partial charge in [0.15, 0.2) is 0 Å². The molecule has 0 saturated heterocycles. The SMILES string of the molecule is CC[Si](CC)(CC)NCCN[Si](CC)(CC)CC. The molecule has 0 bridgehead atoms. The molecule has 0 saturated carbocycles. The second-order valence-electron chi connectivity index (χ2n) is 5.54. The van der Waals surface area contributed by atoms with Crippen molar-refractivity contribution in [3.8, 4) is 0 Å². The summed E-state index contributed by atoms with van der Waals surface area (Å²) in [7, 11) is -2.24. The molecule has 0 radical (unpaired) electrons. The molecule has 0 spiro atoms. The minimum atomic E-state index is -1.12. The molecule has 0 aromatic carbocycles. The minimum Gasteiger partial charge on any atom is -0.336 e. The molecule has 0 aliphatic rings. The Morgan fingerprint density at radius 2 is 0.722 bits per heavy atom. The van der Waals surface area contributed by atoms with E-state index in [1.54, 1.807) is 0 Å². The first-order chi connectivity index (χ1) is 8.57. The largest absolute Gasteiger partial charge is 0.336 e. The van der Waals surface area contributed by atoms with Crippen molar-refractivity contribution in [1.29, 1.82) is 0 Å². The quantitative estimate of drug-likeness (QED) is 0.440. The highest BCUT2D eigenvalue weighted by atomic mass is 28.3. The lowest BCUT2D eigenvalue weighted by Gasteiger charge is -2.32. The maximum absolute atomic E-state index is 3.93. The number of hydrogen-bond donors (Lipinski definition) is 2. The van der Waals surface area contributed by atoms with E-state index >= 15 is 0 Å². The normalized spacial score (nSPS) is 13.0. The summed E-state index contributed by atoms with van der Waals surface area (Å²) < 4.78 is 0. The zero-order valence-electron chi connectivity index (χ0n) is 13.7. The number of rotatable bonds is 11. The molecule has 110 valence electrons. The van der Waals surface area contributed by atoms with Gasteiger partial charge in [-0.3, -0.25) is 0 Å². The van der Waals surface area contributed by atoms with Crippen LogP contribution in [0.15, 0.2) is 0 Å². The van der Waals surface area contributed by atoms with Crippen LogP contribution in [-0.4, -0.2) is 29.6 Å². The van der Waals surface area contributed by atoms with Gasteiger partial charge in [-0.1, -0.05) is 41.5 Å². The van der Waals surface area contributed by atoms with Crippen molar-refractivity contribution in [2.45, 2.75) is 77.8 Å². The Balaban J connectivity index is 4.11. The zero-order chi connectivity index (χ0) is 14.1. The molecule has 0 unspecified atom stereocenters. The van der Waals surface area contributed by atoms with Gasteiger partial charge in [0, 0.05) is 13.1 Å². The highest BCUT2D eigenvalue weighted by Gasteiger charge is 2.28. The van der Waals surface area contributed by atoms with Crippen LogP contribution in [0, 0.1) is 0 Å². The Bertz CT molecular complexity index is 163. The molecular formula is C14H36N2Si2. The van der Waals surface area contributed by atoms with Crippen molar-refractivity contribution >= 4 is 16.5 Å². The summed E-state index contributed by atoms with van der Waals surface area (Å²) in [6.07, 6.45) is 0. The van der Waals surface area contributed by atoms with Crippen LogP contribution in [0.4, 0.5) is 0 Å². The van der Waals surface area contributed by atoms with Crippen LogP contribution in [0.1, 0.15) is 41.5 Å². The lowest BCUT2D eigenvalue weighted by atomic mass is 10.7. The maximum Gasteiger partial charge on any atom is 0.124 e. The molecule has 0 aliphatic heterocycles. The highest BCUT2D eigenvalue weighted by Crippen LogP contribution is 2.17. The molecule has 0 fully saturated rings. The van der Waals surface area contributed by atoms with Gasteiger partial charge in [0.1, 0.15) is 16.5 Å². The van der Waals surface area contributed by atoms with Gasteiger partial charge in [-0.25, -0.2) is 0 Å². The third kappa shape index (κ3) is 5.15. The van der Waals surface area contributed by atoms with Crippen molar-refractivity contribution in [2.24, 2.45) is 0 Å². The van der Waals surface area contributed by atoms with Crippen molar-refractivity contribution in [2.75, 3.05) is 13.1 Å². The average Bonchev–Trinajstić information content (AvgIpc) is 2.45. The van der Waals surface area contributed by atoms with E-state index in [4.69, 9.17) is 0 Å². The van der Waals surface area contributed by atoms with E-state index in [0.29, 0.717) is 0 Å². The Kier molecular flexibility index (Phi) is 9.47. The number of nitrogens with one attached hydrogen (secondary N) is 2. The second-order valence-corrected chi connectivity index (χ2v) is 15.6. The predicted octanol–water partition coefficient (Wildman–Crippen LogP) is 4.18. The van der Waals surface area contributed by atoms with E-state index < -0.39 is 16.5 Å². The molecule has 0 amide bonds. The van der Waals surface area contributed by atoms with Gasteiger partial charge in [-0.05, 0) is 36.3 Å². The molecule has 0 aromatic heterocycles. The smallest absolute Gasteiger partial charge is 0.124 e. The Morgan fingerprint density at radius 1 is 0.500 bits per heavy atom. The van der Waals surface area contributed by atoms with Crippen molar-refractivity contribution < 1.29 is 0 Å². The molecule has 4 heteroatoms. The molecule has 0 heterocycles. The van der Waals surface area contributed by atoms with Crippen LogP contribution >= 0.6 is 0 Å². The summed E-state index contributed by atoms with van der Waals surface area (Å²) in [5.74, 6) is 0. The summed E-state index contributed by atoms with van der Waals surface area (Å²) >= 11 is 0. The number of hydrogen-bond acceptors (Lipinski definition) is 2. The fourth-order valence-electron chi connectivity index (χ4n) is 2.91. The first kappa shape index (κ1) is 18.4. The summed E-state index contributed by atoms with van der Waals surface area (Å²) in [6, 6.07) is 8.24. The summed E-state index contributed by atoms with van der Waals surface area (Å²) in [5, 5.41) is 0. The van der Waals surface area contributed by atoms with Crippen LogP contribution in [0.2, 0.25) is 36.3 Å². The van der Waals surface area contributed by atoms with Crippen molar-refractivity contribution in [1.82, 2.24) is 9.96 Å². The molecule has 2 N–H and O–H groups in total. The Labute approximate surface area is 118 Å². The summed E-state index contributed by atoms with van der Waals surface area (Å²) in [6.45, 7) is 16.5. The van der Waals surface area contributed by atoms with Crippen LogP contribution in [0.25, 0.3) is 0 Å². The van der Waals surface area contributed by atoms with Gasteiger partial charge in [-0.15, -0.1) is 0 Å². The van der Waals surface area contributed by atoms with E-state index in [1.807, 2.05) is 0 Å². The average molecular weight is 289 g/mol. The van der Waals surface area contributed by atoms with E-state index in [9.17, 15) is 0 Å². The minimum absolute atomic E-state index is 1.12. The lowest BCUT2D eigenvalue weighted by molar-refractivity contribution is 0.780. The van der Waals surface area contributed by atoms with Gasteiger partial charge in [-0.2, -0.15) is 0 Å². The first-order valence-electron chi connectivity index (χ1n) is 8.07. The third-order valence-electron chi connectivity index (χ3n) is 5.19. The van der Waals surface area contributed by atoms with Gasteiger partial charge >= 0.3 is 0 Å².